The largest absolute Gasteiger partial charge is 0.437 e. The average Bonchev–Trinajstić information content (AvgIpc) is 3.04. The number of pyridine rings is 2. The van der Waals surface area contributed by atoms with Crippen molar-refractivity contribution >= 4 is 22.1 Å². The van der Waals surface area contributed by atoms with Gasteiger partial charge in [-0.2, -0.15) is 0 Å². The van der Waals surface area contributed by atoms with E-state index in [4.69, 9.17) is 8.53 Å². The van der Waals surface area contributed by atoms with Gasteiger partial charge >= 0.3 is 0 Å². The zero-order valence-corrected chi connectivity index (χ0v) is 18.2. The molecule has 0 unspecified atom stereocenters. The topological polar surface area (TPSA) is 29.9 Å². The SMILES string of the molecule is [2H]C([2H])([2H])c1c[n+](C)c(-c2c(C)ccc3c2oc2nc(CC)ccc23)cc1CC(C)(C)C. The summed E-state index contributed by atoms with van der Waals surface area (Å²) in [5.74, 6) is 0. The van der Waals surface area contributed by atoms with E-state index in [9.17, 15) is 0 Å². The zero-order valence-electron chi connectivity index (χ0n) is 21.2. The van der Waals surface area contributed by atoms with Crippen LogP contribution in [-0.2, 0) is 19.9 Å². The van der Waals surface area contributed by atoms with E-state index >= 15 is 0 Å². The molecule has 0 amide bonds. The minimum absolute atomic E-state index is 0.0436. The van der Waals surface area contributed by atoms with Crippen molar-refractivity contribution in [3.63, 3.8) is 0 Å². The van der Waals surface area contributed by atoms with E-state index in [1.807, 2.05) is 23.7 Å². The summed E-state index contributed by atoms with van der Waals surface area (Å²) in [6.07, 6.45) is 3.28. The number of furan rings is 1. The van der Waals surface area contributed by atoms with Crippen LogP contribution in [-0.4, -0.2) is 4.98 Å². The van der Waals surface area contributed by atoms with Crippen molar-refractivity contribution in [1.29, 1.82) is 0 Å². The minimum atomic E-state index is -2.17. The maximum absolute atomic E-state index is 8.07. The first-order valence-corrected chi connectivity index (χ1v) is 10.2. The quantitative estimate of drug-likeness (QED) is 0.388. The van der Waals surface area contributed by atoms with Crippen LogP contribution >= 0.6 is 0 Å². The van der Waals surface area contributed by atoms with Gasteiger partial charge in [0, 0.05) is 32.2 Å². The average molecular weight is 391 g/mol. The molecule has 3 nitrogen and oxygen atoms in total. The summed E-state index contributed by atoms with van der Waals surface area (Å²) in [7, 11) is 1.90. The normalized spacial score (nSPS) is 14.2. The van der Waals surface area contributed by atoms with E-state index in [0.717, 1.165) is 50.9 Å². The molecule has 0 fully saturated rings. The number of aromatic nitrogens is 2. The Morgan fingerprint density at radius 1 is 1.10 bits per heavy atom. The smallest absolute Gasteiger partial charge is 0.227 e. The van der Waals surface area contributed by atoms with Gasteiger partial charge in [0.1, 0.15) is 7.05 Å². The van der Waals surface area contributed by atoms with E-state index in [1.54, 1.807) is 6.20 Å². The van der Waals surface area contributed by atoms with Crippen molar-refractivity contribution in [3.8, 4) is 11.3 Å². The monoisotopic (exact) mass is 390 g/mol. The number of benzene rings is 1. The second kappa shape index (κ2) is 6.98. The molecule has 0 aliphatic heterocycles. The molecule has 4 rings (SSSR count). The fraction of sp³-hybridized carbons (Fsp3) is 0.385. The summed E-state index contributed by atoms with van der Waals surface area (Å²) < 4.78 is 32.4. The van der Waals surface area contributed by atoms with Gasteiger partial charge in [0.25, 0.3) is 0 Å². The molecule has 3 aromatic heterocycles. The van der Waals surface area contributed by atoms with Crippen molar-refractivity contribution in [2.24, 2.45) is 12.5 Å². The molecule has 0 saturated carbocycles. The van der Waals surface area contributed by atoms with Crippen molar-refractivity contribution in [3.05, 3.63) is 58.9 Å². The van der Waals surface area contributed by atoms with Gasteiger partial charge in [0.15, 0.2) is 11.8 Å². The predicted octanol–water partition coefficient (Wildman–Crippen LogP) is 6.24. The highest BCUT2D eigenvalue weighted by Crippen LogP contribution is 2.37. The highest BCUT2D eigenvalue weighted by molar-refractivity contribution is 6.08. The third kappa shape index (κ3) is 3.55. The zero-order chi connectivity index (χ0) is 23.4. The lowest BCUT2D eigenvalue weighted by molar-refractivity contribution is -0.660. The lowest BCUT2D eigenvalue weighted by Crippen LogP contribution is -2.32. The molecule has 0 aliphatic carbocycles. The Kier molecular flexibility index (Phi) is 3.89. The molecule has 0 radical (unpaired) electrons. The number of hydrogen-bond acceptors (Lipinski definition) is 2. The molecule has 0 atom stereocenters. The van der Waals surface area contributed by atoms with Crippen LogP contribution < -0.4 is 4.57 Å². The standard InChI is InChI=1S/C26H31N2O/c1-8-19-10-12-21-20-11-9-16(2)23(24(20)29-25(21)27-19)22-13-18(14-26(4,5)6)17(3)15-28(22)7/h9-13,15H,8,14H2,1-7H3/q+1/i3D3. The number of fused-ring (bicyclic) bond motifs is 3. The van der Waals surface area contributed by atoms with Gasteiger partial charge in [0.2, 0.25) is 11.4 Å². The molecule has 29 heavy (non-hydrogen) atoms. The number of hydrogen-bond donors (Lipinski definition) is 0. The third-order valence-electron chi connectivity index (χ3n) is 5.47. The summed E-state index contributed by atoms with van der Waals surface area (Å²) >= 11 is 0. The van der Waals surface area contributed by atoms with Gasteiger partial charge in [-0.25, -0.2) is 9.55 Å². The lowest BCUT2D eigenvalue weighted by Gasteiger charge is -2.19. The van der Waals surface area contributed by atoms with Gasteiger partial charge < -0.3 is 4.42 Å². The summed E-state index contributed by atoms with van der Waals surface area (Å²) in [4.78, 5) is 4.68. The highest BCUT2D eigenvalue weighted by atomic mass is 16.3. The molecule has 4 aromatic rings. The Labute approximate surface area is 177 Å². The van der Waals surface area contributed by atoms with Crippen LogP contribution in [0.4, 0.5) is 0 Å². The highest BCUT2D eigenvalue weighted by Gasteiger charge is 2.24. The predicted molar refractivity (Wildman–Crippen MR) is 120 cm³/mol. The molecule has 150 valence electrons. The second-order valence-electron chi connectivity index (χ2n) is 9.19. The maximum Gasteiger partial charge on any atom is 0.227 e. The van der Waals surface area contributed by atoms with E-state index in [-0.39, 0.29) is 5.41 Å². The Morgan fingerprint density at radius 2 is 1.86 bits per heavy atom. The summed E-state index contributed by atoms with van der Waals surface area (Å²) in [6, 6.07) is 10.3. The van der Waals surface area contributed by atoms with Crippen LogP contribution in [0, 0.1) is 19.2 Å². The molecular formula is C26H31N2O+. The molecule has 0 aliphatic rings. The van der Waals surface area contributed by atoms with E-state index in [2.05, 4.69) is 57.8 Å². The maximum atomic E-state index is 8.07. The van der Waals surface area contributed by atoms with Crippen LogP contribution in [0.1, 0.15) is 54.2 Å². The first-order chi connectivity index (χ1) is 14.9. The van der Waals surface area contributed by atoms with Crippen LogP contribution in [0.25, 0.3) is 33.3 Å². The number of nitrogens with zero attached hydrogens (tertiary/aromatic N) is 2. The van der Waals surface area contributed by atoms with Crippen LogP contribution in [0.5, 0.6) is 0 Å². The summed E-state index contributed by atoms with van der Waals surface area (Å²) in [6.45, 7) is 8.36. The molecule has 1 aromatic carbocycles. The molecular weight excluding hydrogens is 356 g/mol. The lowest BCUT2D eigenvalue weighted by atomic mass is 9.86. The first-order valence-electron chi connectivity index (χ1n) is 11.7. The third-order valence-corrected chi connectivity index (χ3v) is 5.47. The van der Waals surface area contributed by atoms with Crippen molar-refractivity contribution in [2.45, 2.75) is 54.3 Å². The minimum Gasteiger partial charge on any atom is -0.437 e. The fourth-order valence-electron chi connectivity index (χ4n) is 4.03. The molecule has 0 saturated heterocycles. The fourth-order valence-corrected chi connectivity index (χ4v) is 4.03. The Hall–Kier alpha value is -2.68. The van der Waals surface area contributed by atoms with Crippen molar-refractivity contribution < 1.29 is 13.1 Å². The van der Waals surface area contributed by atoms with Crippen LogP contribution in [0.2, 0.25) is 0 Å². The van der Waals surface area contributed by atoms with Gasteiger partial charge in [0.05, 0.1) is 5.56 Å². The van der Waals surface area contributed by atoms with Gasteiger partial charge in [-0.1, -0.05) is 39.8 Å². The number of rotatable bonds is 3. The summed E-state index contributed by atoms with van der Waals surface area (Å²) in [5.41, 5.74) is 6.64. The first kappa shape index (κ1) is 16.2. The van der Waals surface area contributed by atoms with Crippen molar-refractivity contribution in [1.82, 2.24) is 4.98 Å². The van der Waals surface area contributed by atoms with Gasteiger partial charge in [-0.05, 0) is 55.3 Å². The molecule has 3 heterocycles. The molecule has 0 spiro atoms. The van der Waals surface area contributed by atoms with Crippen LogP contribution in [0.15, 0.2) is 40.9 Å². The van der Waals surface area contributed by atoms with E-state index in [1.165, 1.54) is 0 Å². The molecule has 3 heteroatoms. The van der Waals surface area contributed by atoms with Gasteiger partial charge in [-0.3, -0.25) is 0 Å². The van der Waals surface area contributed by atoms with Crippen molar-refractivity contribution in [2.75, 3.05) is 0 Å². The molecule has 0 N–H and O–H groups in total. The second-order valence-corrected chi connectivity index (χ2v) is 9.19. The van der Waals surface area contributed by atoms with Gasteiger partial charge in [-0.15, -0.1) is 0 Å². The Bertz CT molecular complexity index is 1330. The van der Waals surface area contributed by atoms with E-state index < -0.39 is 6.85 Å². The molecule has 0 bridgehead atoms. The van der Waals surface area contributed by atoms with Crippen LogP contribution in [0.3, 0.4) is 0 Å². The number of aryl methyl sites for hydroxylation is 4. The Balaban J connectivity index is 2.03. The van der Waals surface area contributed by atoms with E-state index in [0.29, 0.717) is 17.7 Å². The summed E-state index contributed by atoms with van der Waals surface area (Å²) in [5, 5.41) is 2.02. The Morgan fingerprint density at radius 3 is 2.55 bits per heavy atom.